The number of nitrogens with one attached hydrogen (secondary N) is 1. The normalized spacial score (nSPS) is 19.9. The lowest BCUT2D eigenvalue weighted by atomic mass is 10.2. The highest BCUT2D eigenvalue weighted by molar-refractivity contribution is 6.30. The number of aromatic amines is 1. The van der Waals surface area contributed by atoms with Gasteiger partial charge >= 0.3 is 0 Å². The zero-order valence-electron chi connectivity index (χ0n) is 11.8. The summed E-state index contributed by atoms with van der Waals surface area (Å²) in [7, 11) is 0. The van der Waals surface area contributed by atoms with Gasteiger partial charge in [-0.15, -0.1) is 0 Å². The van der Waals surface area contributed by atoms with Crippen LogP contribution >= 0.6 is 11.6 Å². The molecule has 21 heavy (non-hydrogen) atoms. The predicted octanol–water partition coefficient (Wildman–Crippen LogP) is 3.08. The van der Waals surface area contributed by atoms with Crippen LogP contribution in [0.5, 0.6) is 0 Å². The molecule has 2 heterocycles. The summed E-state index contributed by atoms with van der Waals surface area (Å²) in [6.45, 7) is 4.83. The second-order valence-corrected chi connectivity index (χ2v) is 5.70. The fraction of sp³-hybridized carbons (Fsp3) is 0.400. The highest BCUT2D eigenvalue weighted by Crippen LogP contribution is 2.22. The number of hydrogen-bond donors (Lipinski definition) is 1. The topological polar surface area (TPSA) is 41.2 Å². The zero-order chi connectivity index (χ0) is 14.8. The molecular formula is C15H17ClFN3O. The Balaban J connectivity index is 1.67. The van der Waals surface area contributed by atoms with E-state index in [9.17, 15) is 4.39 Å². The molecule has 0 bridgehead atoms. The van der Waals surface area contributed by atoms with Gasteiger partial charge in [-0.2, -0.15) is 0 Å². The Bertz CT molecular complexity index is 631. The van der Waals surface area contributed by atoms with E-state index in [1.54, 1.807) is 12.3 Å². The van der Waals surface area contributed by atoms with Crippen molar-refractivity contribution < 1.29 is 9.13 Å². The molecule has 1 aromatic heterocycles. The van der Waals surface area contributed by atoms with Gasteiger partial charge in [0.15, 0.2) is 0 Å². The first-order valence-corrected chi connectivity index (χ1v) is 7.29. The number of halogens is 2. The Hall–Kier alpha value is -1.43. The van der Waals surface area contributed by atoms with Crippen LogP contribution in [0.3, 0.4) is 0 Å². The van der Waals surface area contributed by atoms with E-state index in [1.165, 1.54) is 6.07 Å². The maximum atomic E-state index is 13.5. The second kappa shape index (κ2) is 6.13. The Morgan fingerprint density at radius 3 is 3.10 bits per heavy atom. The van der Waals surface area contributed by atoms with Crippen molar-refractivity contribution in [2.24, 2.45) is 0 Å². The molecule has 4 nitrogen and oxygen atoms in total. The molecule has 3 rings (SSSR count). The molecule has 0 aliphatic carbocycles. The lowest BCUT2D eigenvalue weighted by Crippen LogP contribution is -2.38. The molecule has 1 fully saturated rings. The molecule has 6 heteroatoms. The minimum atomic E-state index is -0.374. The SMILES string of the molecule is Cc1cnc([C@@H]2CN(Cc3ccc(Cl)c(F)c3)CCO2)[nH]1. The van der Waals surface area contributed by atoms with Gasteiger partial charge in [0.2, 0.25) is 0 Å². The van der Waals surface area contributed by atoms with Crippen molar-refractivity contribution >= 4 is 11.6 Å². The number of imidazole rings is 1. The van der Waals surface area contributed by atoms with Crippen molar-refractivity contribution in [3.8, 4) is 0 Å². The highest BCUT2D eigenvalue weighted by atomic mass is 35.5. The Morgan fingerprint density at radius 1 is 1.52 bits per heavy atom. The van der Waals surface area contributed by atoms with E-state index < -0.39 is 0 Å². The Kier molecular flexibility index (Phi) is 4.24. The monoisotopic (exact) mass is 309 g/mol. The summed E-state index contributed by atoms with van der Waals surface area (Å²) >= 11 is 5.71. The summed E-state index contributed by atoms with van der Waals surface area (Å²) in [5, 5.41) is 0.157. The maximum absolute atomic E-state index is 13.5. The summed E-state index contributed by atoms with van der Waals surface area (Å²) in [6, 6.07) is 4.94. The fourth-order valence-electron chi connectivity index (χ4n) is 2.50. The molecule has 2 aromatic rings. The van der Waals surface area contributed by atoms with Crippen LogP contribution in [0.4, 0.5) is 4.39 Å². The first kappa shape index (κ1) is 14.5. The smallest absolute Gasteiger partial charge is 0.142 e. The summed E-state index contributed by atoms with van der Waals surface area (Å²) in [5.41, 5.74) is 1.93. The van der Waals surface area contributed by atoms with Crippen molar-refractivity contribution in [2.45, 2.75) is 19.6 Å². The fourth-order valence-corrected chi connectivity index (χ4v) is 2.62. The van der Waals surface area contributed by atoms with Crippen molar-refractivity contribution in [1.82, 2.24) is 14.9 Å². The number of hydrogen-bond acceptors (Lipinski definition) is 3. The number of aromatic nitrogens is 2. The molecular weight excluding hydrogens is 293 g/mol. The van der Waals surface area contributed by atoms with Crippen LogP contribution in [-0.2, 0) is 11.3 Å². The number of H-pyrrole nitrogens is 1. The average Bonchev–Trinajstić information content (AvgIpc) is 2.90. The zero-order valence-corrected chi connectivity index (χ0v) is 12.5. The van der Waals surface area contributed by atoms with Crippen molar-refractivity contribution in [3.05, 3.63) is 52.3 Å². The summed E-state index contributed by atoms with van der Waals surface area (Å²) in [4.78, 5) is 9.76. The average molecular weight is 310 g/mol. The number of nitrogens with zero attached hydrogens (tertiary/aromatic N) is 2. The van der Waals surface area contributed by atoms with Gasteiger partial charge in [-0.1, -0.05) is 17.7 Å². The van der Waals surface area contributed by atoms with Gasteiger partial charge in [-0.25, -0.2) is 9.37 Å². The van der Waals surface area contributed by atoms with E-state index >= 15 is 0 Å². The second-order valence-electron chi connectivity index (χ2n) is 5.29. The van der Waals surface area contributed by atoms with E-state index in [1.807, 2.05) is 13.0 Å². The first-order valence-electron chi connectivity index (χ1n) is 6.91. The third kappa shape index (κ3) is 3.43. The van der Waals surface area contributed by atoms with Crippen LogP contribution in [0.2, 0.25) is 5.02 Å². The molecule has 1 atom stereocenters. The molecule has 1 aromatic carbocycles. The summed E-state index contributed by atoms with van der Waals surface area (Å²) < 4.78 is 19.2. The number of rotatable bonds is 3. The van der Waals surface area contributed by atoms with Crippen molar-refractivity contribution in [2.75, 3.05) is 19.7 Å². The Morgan fingerprint density at radius 2 is 2.38 bits per heavy atom. The van der Waals surface area contributed by atoms with Crippen LogP contribution in [0.1, 0.15) is 23.2 Å². The molecule has 1 aliphatic heterocycles. The van der Waals surface area contributed by atoms with Crippen LogP contribution in [-0.4, -0.2) is 34.6 Å². The van der Waals surface area contributed by atoms with Crippen molar-refractivity contribution in [1.29, 1.82) is 0 Å². The lowest BCUT2D eigenvalue weighted by Gasteiger charge is -2.32. The van der Waals surface area contributed by atoms with Gasteiger partial charge in [0, 0.05) is 31.5 Å². The van der Waals surface area contributed by atoms with Crippen LogP contribution in [0.25, 0.3) is 0 Å². The quantitative estimate of drug-likeness (QED) is 0.947. The standard InChI is InChI=1S/C15H17ClFN3O/c1-10-7-18-15(19-10)14-9-20(4-5-21-14)8-11-2-3-12(16)13(17)6-11/h2-3,6-7,14H,4-5,8-9H2,1H3,(H,18,19)/t14-/m0/s1. The van der Waals surface area contributed by atoms with E-state index in [4.69, 9.17) is 16.3 Å². The van der Waals surface area contributed by atoms with Gasteiger partial charge in [0.25, 0.3) is 0 Å². The number of morpholine rings is 1. The molecule has 1 N–H and O–H groups in total. The van der Waals surface area contributed by atoms with Crippen LogP contribution in [0, 0.1) is 12.7 Å². The summed E-state index contributed by atoms with van der Waals surface area (Å²) in [6.07, 6.45) is 1.73. The van der Waals surface area contributed by atoms with Gasteiger partial charge in [-0.3, -0.25) is 4.90 Å². The van der Waals surface area contributed by atoms with Crippen molar-refractivity contribution in [3.63, 3.8) is 0 Å². The van der Waals surface area contributed by atoms with E-state index in [2.05, 4.69) is 14.9 Å². The molecule has 0 spiro atoms. The van der Waals surface area contributed by atoms with E-state index in [0.29, 0.717) is 13.2 Å². The molecule has 1 aliphatic rings. The van der Waals surface area contributed by atoms with Gasteiger partial charge in [0.05, 0.1) is 11.6 Å². The molecule has 112 valence electrons. The van der Waals surface area contributed by atoms with Gasteiger partial charge < -0.3 is 9.72 Å². The minimum absolute atomic E-state index is 0.0652. The number of aryl methyl sites for hydroxylation is 1. The van der Waals surface area contributed by atoms with Gasteiger partial charge in [-0.05, 0) is 24.6 Å². The number of benzene rings is 1. The largest absolute Gasteiger partial charge is 0.368 e. The highest BCUT2D eigenvalue weighted by Gasteiger charge is 2.24. The first-order chi connectivity index (χ1) is 10.1. The predicted molar refractivity (Wildman–Crippen MR) is 78.7 cm³/mol. The number of ether oxygens (including phenoxy) is 1. The lowest BCUT2D eigenvalue weighted by molar-refractivity contribution is -0.0368. The maximum Gasteiger partial charge on any atom is 0.142 e. The Labute approximate surface area is 127 Å². The van der Waals surface area contributed by atoms with E-state index in [0.717, 1.165) is 30.2 Å². The molecule has 1 saturated heterocycles. The molecule has 0 amide bonds. The summed E-state index contributed by atoms with van der Waals surface area (Å²) in [5.74, 6) is 0.472. The van der Waals surface area contributed by atoms with E-state index in [-0.39, 0.29) is 16.9 Å². The van der Waals surface area contributed by atoms with Gasteiger partial charge in [0.1, 0.15) is 17.7 Å². The molecule has 0 radical (unpaired) electrons. The minimum Gasteiger partial charge on any atom is -0.368 e. The molecule has 0 saturated carbocycles. The molecule has 0 unspecified atom stereocenters. The van der Waals surface area contributed by atoms with Crippen LogP contribution in [0.15, 0.2) is 24.4 Å². The third-order valence-electron chi connectivity index (χ3n) is 3.57. The third-order valence-corrected chi connectivity index (χ3v) is 3.87. The van der Waals surface area contributed by atoms with Crippen LogP contribution < -0.4 is 0 Å².